The summed E-state index contributed by atoms with van der Waals surface area (Å²) in [5.41, 5.74) is -0.191. The Hall–Kier alpha value is -4.34. The fourth-order valence-electron chi connectivity index (χ4n) is 3.02. The first-order valence-electron chi connectivity index (χ1n) is 9.27. The second-order valence-electron chi connectivity index (χ2n) is 6.57. The Labute approximate surface area is 181 Å². The molecule has 0 radical (unpaired) electrons. The third-order valence-electron chi connectivity index (χ3n) is 4.61. The third kappa shape index (κ3) is 4.38. The van der Waals surface area contributed by atoms with E-state index in [-0.39, 0.29) is 45.2 Å². The predicted molar refractivity (Wildman–Crippen MR) is 116 cm³/mol. The summed E-state index contributed by atoms with van der Waals surface area (Å²) in [7, 11) is 5.52. The van der Waals surface area contributed by atoms with Crippen LogP contribution in [0.25, 0.3) is 12.2 Å². The number of H-pyrrole nitrogens is 2. The smallest absolute Gasteiger partial charge is 0.272 e. The molecule has 32 heavy (non-hydrogen) atoms. The number of aromatic amines is 2. The van der Waals surface area contributed by atoms with E-state index in [0.717, 1.165) is 0 Å². The van der Waals surface area contributed by atoms with Crippen LogP contribution in [-0.2, 0) is 0 Å². The van der Waals surface area contributed by atoms with Gasteiger partial charge in [0, 0.05) is 0 Å². The highest BCUT2D eigenvalue weighted by atomic mass is 16.5. The SMILES string of the molecule is COc1cc(/C=c2\[nH]c(=O)/c(=C/c3cc(OC)c(O)c(OC)c3)[nH]c2=O)cc(OC)c1O. The molecule has 1 heterocycles. The molecule has 0 aliphatic rings. The topological polar surface area (TPSA) is 143 Å². The highest BCUT2D eigenvalue weighted by molar-refractivity contribution is 5.62. The number of benzene rings is 2. The Kier molecular flexibility index (Phi) is 6.43. The Balaban J connectivity index is 2.15. The lowest BCUT2D eigenvalue weighted by Gasteiger charge is -2.09. The minimum atomic E-state index is -0.556. The van der Waals surface area contributed by atoms with Crippen LogP contribution in [0.2, 0.25) is 0 Å². The number of methoxy groups -OCH3 is 4. The van der Waals surface area contributed by atoms with Crippen LogP contribution in [0.4, 0.5) is 0 Å². The molecule has 0 aliphatic heterocycles. The van der Waals surface area contributed by atoms with Crippen LogP contribution in [0.1, 0.15) is 11.1 Å². The van der Waals surface area contributed by atoms with Crippen LogP contribution in [0, 0.1) is 0 Å². The van der Waals surface area contributed by atoms with Gasteiger partial charge in [-0.05, 0) is 47.5 Å². The molecule has 4 N–H and O–H groups in total. The molecule has 2 aromatic carbocycles. The maximum absolute atomic E-state index is 12.6. The van der Waals surface area contributed by atoms with Crippen LogP contribution in [0.3, 0.4) is 0 Å². The highest BCUT2D eigenvalue weighted by Crippen LogP contribution is 2.38. The van der Waals surface area contributed by atoms with Crippen LogP contribution < -0.4 is 40.8 Å². The summed E-state index contributed by atoms with van der Waals surface area (Å²) in [4.78, 5) is 30.2. The van der Waals surface area contributed by atoms with Crippen LogP contribution in [0.15, 0.2) is 33.9 Å². The van der Waals surface area contributed by atoms with Crippen molar-refractivity contribution >= 4 is 12.2 Å². The molecule has 0 saturated heterocycles. The van der Waals surface area contributed by atoms with E-state index in [1.165, 1.54) is 64.9 Å². The number of nitrogens with one attached hydrogen (secondary N) is 2. The molecule has 168 valence electrons. The molecule has 0 fully saturated rings. The maximum atomic E-state index is 12.6. The Bertz CT molecular complexity index is 1230. The summed E-state index contributed by atoms with van der Waals surface area (Å²) in [6.07, 6.45) is 2.84. The first kappa shape index (κ1) is 22.3. The number of aromatic nitrogens is 2. The fraction of sp³-hybridized carbons (Fsp3) is 0.182. The molecule has 0 atom stereocenters. The normalized spacial score (nSPS) is 12.0. The van der Waals surface area contributed by atoms with Crippen molar-refractivity contribution in [2.75, 3.05) is 28.4 Å². The standard InChI is InChI=1S/C22H22N2O8/c1-29-15-7-11(8-16(30-2)19(15)25)5-13-21(27)24-14(22(28)23-13)6-12-9-17(31-3)20(26)18(10-12)32-4/h5-10,25-26H,1-4H3,(H,23,28)(H,24,27)/b13-5-,14-6-. The summed E-state index contributed by atoms with van der Waals surface area (Å²) in [6, 6.07) is 5.96. The number of hydrogen-bond acceptors (Lipinski definition) is 8. The molecule has 3 rings (SSSR count). The molecule has 3 aromatic rings. The molecule has 0 unspecified atom stereocenters. The van der Waals surface area contributed by atoms with Gasteiger partial charge < -0.3 is 39.1 Å². The Morgan fingerprint density at radius 1 is 0.625 bits per heavy atom. The molecule has 0 amide bonds. The van der Waals surface area contributed by atoms with E-state index in [1.54, 1.807) is 0 Å². The van der Waals surface area contributed by atoms with Crippen molar-refractivity contribution in [3.8, 4) is 34.5 Å². The molecule has 10 heteroatoms. The van der Waals surface area contributed by atoms with Gasteiger partial charge in [-0.2, -0.15) is 0 Å². The summed E-state index contributed by atoms with van der Waals surface area (Å²) in [6.45, 7) is 0. The van der Waals surface area contributed by atoms with E-state index in [1.807, 2.05) is 0 Å². The number of ether oxygens (including phenoxy) is 4. The monoisotopic (exact) mass is 442 g/mol. The van der Waals surface area contributed by atoms with Crippen molar-refractivity contribution in [2.45, 2.75) is 0 Å². The molecule has 0 saturated carbocycles. The average Bonchev–Trinajstić information content (AvgIpc) is 2.78. The van der Waals surface area contributed by atoms with E-state index < -0.39 is 11.1 Å². The molecular weight excluding hydrogens is 420 g/mol. The van der Waals surface area contributed by atoms with Crippen molar-refractivity contribution in [2.24, 2.45) is 0 Å². The van der Waals surface area contributed by atoms with Crippen LogP contribution in [0.5, 0.6) is 34.5 Å². The third-order valence-corrected chi connectivity index (χ3v) is 4.61. The first-order chi connectivity index (χ1) is 15.3. The van der Waals surface area contributed by atoms with Gasteiger partial charge in [0.15, 0.2) is 23.0 Å². The molecular formula is C22H22N2O8. The molecule has 0 bridgehead atoms. The van der Waals surface area contributed by atoms with Crippen molar-refractivity contribution in [3.63, 3.8) is 0 Å². The number of aromatic hydroxyl groups is 2. The van der Waals surface area contributed by atoms with Gasteiger partial charge in [0.1, 0.15) is 10.7 Å². The van der Waals surface area contributed by atoms with Crippen molar-refractivity contribution < 1.29 is 29.2 Å². The number of phenolic OH excluding ortho intramolecular Hbond substituents is 2. The average molecular weight is 442 g/mol. The van der Waals surface area contributed by atoms with Gasteiger partial charge in [0.25, 0.3) is 11.1 Å². The van der Waals surface area contributed by atoms with Gasteiger partial charge in [-0.15, -0.1) is 0 Å². The van der Waals surface area contributed by atoms with Crippen LogP contribution >= 0.6 is 0 Å². The van der Waals surface area contributed by atoms with Crippen molar-refractivity contribution in [1.82, 2.24) is 9.97 Å². The van der Waals surface area contributed by atoms with Crippen molar-refractivity contribution in [3.05, 3.63) is 66.8 Å². The van der Waals surface area contributed by atoms with Crippen LogP contribution in [-0.4, -0.2) is 48.6 Å². The summed E-state index contributed by atoms with van der Waals surface area (Å²) >= 11 is 0. The predicted octanol–water partition coefficient (Wildman–Crippen LogP) is 0.166. The Morgan fingerprint density at radius 3 is 1.16 bits per heavy atom. The summed E-state index contributed by atoms with van der Waals surface area (Å²) < 4.78 is 20.4. The van der Waals surface area contributed by atoms with E-state index in [4.69, 9.17) is 18.9 Å². The zero-order valence-corrected chi connectivity index (χ0v) is 17.8. The lowest BCUT2D eigenvalue weighted by atomic mass is 10.1. The van der Waals surface area contributed by atoms with Crippen molar-refractivity contribution in [1.29, 1.82) is 0 Å². The van der Waals surface area contributed by atoms with E-state index in [2.05, 4.69) is 9.97 Å². The van der Waals surface area contributed by atoms with Gasteiger partial charge in [-0.25, -0.2) is 0 Å². The van der Waals surface area contributed by atoms with Gasteiger partial charge in [0.05, 0.1) is 28.4 Å². The largest absolute Gasteiger partial charge is 0.502 e. The lowest BCUT2D eigenvalue weighted by Crippen LogP contribution is -2.46. The molecule has 10 nitrogen and oxygen atoms in total. The highest BCUT2D eigenvalue weighted by Gasteiger charge is 2.12. The minimum absolute atomic E-state index is 0.0113. The quantitative estimate of drug-likeness (QED) is 0.423. The summed E-state index contributed by atoms with van der Waals surface area (Å²) in [5.74, 6) is 0.228. The zero-order chi connectivity index (χ0) is 23.4. The molecule has 0 spiro atoms. The zero-order valence-electron chi connectivity index (χ0n) is 17.8. The van der Waals surface area contributed by atoms with E-state index in [9.17, 15) is 19.8 Å². The number of rotatable bonds is 6. The molecule has 1 aromatic heterocycles. The number of hydrogen-bond donors (Lipinski definition) is 4. The molecule has 0 aliphatic carbocycles. The lowest BCUT2D eigenvalue weighted by molar-refractivity contribution is 0.340. The minimum Gasteiger partial charge on any atom is -0.502 e. The fourth-order valence-corrected chi connectivity index (χ4v) is 3.02. The Morgan fingerprint density at radius 2 is 0.906 bits per heavy atom. The van der Waals surface area contributed by atoms with Gasteiger partial charge in [-0.3, -0.25) is 9.59 Å². The second-order valence-corrected chi connectivity index (χ2v) is 6.57. The van der Waals surface area contributed by atoms with E-state index >= 15 is 0 Å². The second kappa shape index (κ2) is 9.21. The summed E-state index contributed by atoms with van der Waals surface area (Å²) in [5, 5.41) is 20.0. The number of phenols is 2. The van der Waals surface area contributed by atoms with Gasteiger partial charge in [-0.1, -0.05) is 0 Å². The maximum Gasteiger partial charge on any atom is 0.272 e. The van der Waals surface area contributed by atoms with Gasteiger partial charge >= 0.3 is 0 Å². The first-order valence-corrected chi connectivity index (χ1v) is 9.27. The van der Waals surface area contributed by atoms with Gasteiger partial charge in [0.2, 0.25) is 11.5 Å². The van der Waals surface area contributed by atoms with E-state index in [0.29, 0.717) is 11.1 Å².